The van der Waals surface area contributed by atoms with E-state index in [1.807, 2.05) is 60.3 Å². The van der Waals surface area contributed by atoms with E-state index >= 15 is 0 Å². The number of amides is 1. The largest absolute Gasteiger partial charge is 1.00 e. The molecule has 13 heteroatoms. The average molecular weight is 754 g/mol. The first-order valence-corrected chi connectivity index (χ1v) is 15.0. The van der Waals surface area contributed by atoms with Gasteiger partial charge in [0.1, 0.15) is 24.4 Å². The molecule has 9 nitrogen and oxygen atoms in total. The van der Waals surface area contributed by atoms with Crippen molar-refractivity contribution in [2.75, 3.05) is 25.2 Å². The number of hydrogen-bond acceptors (Lipinski definition) is 8. The van der Waals surface area contributed by atoms with E-state index in [4.69, 9.17) is 19.7 Å². The zero-order valence-electron chi connectivity index (χ0n) is 27.7. The minimum absolute atomic E-state index is 0. The van der Waals surface area contributed by atoms with Crippen LogP contribution in [-0.2, 0) is 23.9 Å². The molecule has 0 fully saturated rings. The van der Waals surface area contributed by atoms with Gasteiger partial charge in [-0.15, -0.1) is 0 Å². The molecule has 0 aliphatic heterocycles. The van der Waals surface area contributed by atoms with Gasteiger partial charge in [0.25, 0.3) is 0 Å². The van der Waals surface area contributed by atoms with Gasteiger partial charge in [-0.05, 0) is 71.7 Å². The van der Waals surface area contributed by atoms with E-state index in [-0.39, 0.29) is 107 Å². The van der Waals surface area contributed by atoms with Crippen molar-refractivity contribution in [2.45, 2.75) is 125 Å². The van der Waals surface area contributed by atoms with Crippen LogP contribution in [0.3, 0.4) is 0 Å². The number of carbonyl (C=O) groups is 4. The molecule has 1 amide bonds. The number of hydrogen-bond donors (Lipinski definition) is 2. The Morgan fingerprint density at radius 2 is 1.20 bits per heavy atom. The number of ether oxygens (including phenoxy) is 2. The smallest absolute Gasteiger partial charge is 1.00 e. The van der Waals surface area contributed by atoms with E-state index in [1.165, 1.54) is 4.90 Å². The van der Waals surface area contributed by atoms with Crippen molar-refractivity contribution in [3.8, 4) is 0 Å². The fraction of sp³-hybridized carbons (Fsp3) is 0.857. The SMILES string of the molecule is C.CC[C@H](CCC(=O)CO)CC(=O)OC(C)(C)C.CC[C@H](CCC(=O)CO)N(C)C(=O)OC(C)(C)C.CI.S.S.[H-].[Na+]. The van der Waals surface area contributed by atoms with Crippen LogP contribution in [0.25, 0.3) is 0 Å². The third kappa shape index (κ3) is 36.5. The number of halogens is 1. The molecule has 0 bridgehead atoms. The molecular formula is C28H61INNaO8S2. The number of rotatable bonds is 13. The van der Waals surface area contributed by atoms with Gasteiger partial charge >= 0.3 is 41.6 Å². The first-order valence-electron chi connectivity index (χ1n) is 12.8. The van der Waals surface area contributed by atoms with Crippen LogP contribution < -0.4 is 29.6 Å². The molecule has 0 saturated heterocycles. The molecule has 0 aromatic carbocycles. The van der Waals surface area contributed by atoms with E-state index < -0.39 is 24.4 Å². The second kappa shape index (κ2) is 31.8. The second-order valence-corrected chi connectivity index (χ2v) is 10.7. The molecule has 0 saturated carbocycles. The normalized spacial score (nSPS) is 11.3. The van der Waals surface area contributed by atoms with Crippen molar-refractivity contribution < 1.29 is 69.8 Å². The summed E-state index contributed by atoms with van der Waals surface area (Å²) in [5, 5.41) is 17.3. The Morgan fingerprint density at radius 3 is 1.51 bits per heavy atom. The minimum Gasteiger partial charge on any atom is -1.00 e. The fourth-order valence-corrected chi connectivity index (χ4v) is 3.07. The summed E-state index contributed by atoms with van der Waals surface area (Å²) in [4.78, 5) is 49.0. The molecule has 41 heavy (non-hydrogen) atoms. The maximum absolute atomic E-state index is 11.8. The van der Waals surface area contributed by atoms with Gasteiger partial charge in [-0.3, -0.25) is 14.4 Å². The third-order valence-electron chi connectivity index (χ3n) is 5.09. The van der Waals surface area contributed by atoms with Crippen LogP contribution in [0, 0.1) is 5.92 Å². The standard InChI is InChI=1S/C13H25NO4.C13H24O4.CH3I.CH4.Na.2H2S.H/c1-6-10(7-8-11(16)9-15)14(5)12(17)18-13(2,3)4;1-5-10(6-7-11(15)9-14)8-12(16)17-13(2,3)4;1-2;;;;;/h10,15H,6-9H2,1-5H3;10,14H,5-9H2,1-4H3;1H3;1H4;;2*1H2;/q;;;;+1;;;-1/t2*10-;;;;;;/m11....../s1. The topological polar surface area (TPSA) is 130 Å². The number of aliphatic hydroxyl groups excluding tert-OH is 2. The maximum Gasteiger partial charge on any atom is 1.00 e. The molecule has 0 aromatic rings. The minimum atomic E-state index is -0.523. The molecule has 246 valence electrons. The fourth-order valence-electron chi connectivity index (χ4n) is 3.07. The van der Waals surface area contributed by atoms with Gasteiger partial charge in [0.2, 0.25) is 0 Å². The van der Waals surface area contributed by atoms with Crippen LogP contribution in [0.1, 0.15) is 109 Å². The van der Waals surface area contributed by atoms with Gasteiger partial charge in [-0.1, -0.05) is 50.3 Å². The van der Waals surface area contributed by atoms with E-state index in [1.54, 1.807) is 7.05 Å². The van der Waals surface area contributed by atoms with E-state index in [0.717, 1.165) is 12.8 Å². The Balaban J connectivity index is -0.0000000778. The number of Topliss-reactive ketones (excluding diaryl/α,β-unsaturated/α-hetero) is 2. The summed E-state index contributed by atoms with van der Waals surface area (Å²) in [5.74, 6) is -0.445. The average Bonchev–Trinajstić information content (AvgIpc) is 2.80. The summed E-state index contributed by atoms with van der Waals surface area (Å²) in [6.07, 6.45) is 3.32. The zero-order chi connectivity index (χ0) is 29.8. The number of alkyl halides is 1. The van der Waals surface area contributed by atoms with Crippen LogP contribution in [0.15, 0.2) is 0 Å². The Labute approximate surface area is 301 Å². The van der Waals surface area contributed by atoms with Crippen molar-refractivity contribution in [1.29, 1.82) is 0 Å². The Hall–Kier alpha value is 0.430. The quantitative estimate of drug-likeness (QED) is 0.127. The number of aliphatic hydroxyl groups is 2. The summed E-state index contributed by atoms with van der Waals surface area (Å²) in [7, 11) is 1.67. The number of esters is 1. The summed E-state index contributed by atoms with van der Waals surface area (Å²) < 4.78 is 10.5. The summed E-state index contributed by atoms with van der Waals surface area (Å²) in [6, 6.07) is -0.0460. The predicted molar refractivity (Wildman–Crippen MR) is 184 cm³/mol. The van der Waals surface area contributed by atoms with E-state index in [0.29, 0.717) is 25.7 Å². The second-order valence-electron chi connectivity index (χ2n) is 10.7. The molecule has 0 rings (SSSR count). The van der Waals surface area contributed by atoms with Crippen molar-refractivity contribution in [2.24, 2.45) is 5.92 Å². The molecule has 0 aliphatic carbocycles. The predicted octanol–water partition coefficient (Wildman–Crippen LogP) is 3.09. The van der Waals surface area contributed by atoms with E-state index in [9.17, 15) is 19.2 Å². The summed E-state index contributed by atoms with van der Waals surface area (Å²) >= 11 is 2.15. The van der Waals surface area contributed by atoms with Crippen LogP contribution in [0.4, 0.5) is 4.79 Å². The van der Waals surface area contributed by atoms with Crippen molar-refractivity contribution >= 4 is 73.2 Å². The molecule has 0 aliphatic rings. The molecular weight excluding hydrogens is 692 g/mol. The van der Waals surface area contributed by atoms with Gasteiger partial charge in [0.05, 0.1) is 0 Å². The molecule has 0 spiro atoms. The number of nitrogens with zero attached hydrogens (tertiary/aromatic N) is 1. The van der Waals surface area contributed by atoms with Crippen LogP contribution in [-0.4, -0.2) is 81.2 Å². The van der Waals surface area contributed by atoms with Gasteiger partial charge in [-0.25, -0.2) is 4.79 Å². The maximum atomic E-state index is 11.8. The summed E-state index contributed by atoms with van der Waals surface area (Å²) in [5.41, 5.74) is -0.985. The molecule has 0 aromatic heterocycles. The zero-order valence-corrected chi connectivity index (χ0v) is 32.8. The van der Waals surface area contributed by atoms with Crippen LogP contribution in [0.2, 0.25) is 0 Å². The molecule has 0 radical (unpaired) electrons. The molecule has 0 heterocycles. The van der Waals surface area contributed by atoms with Gasteiger partial charge in [0.15, 0.2) is 11.6 Å². The van der Waals surface area contributed by atoms with Crippen molar-refractivity contribution in [3.63, 3.8) is 0 Å². The Bertz CT molecular complexity index is 681. The van der Waals surface area contributed by atoms with E-state index in [2.05, 4.69) is 22.6 Å². The first-order chi connectivity index (χ1) is 17.0. The monoisotopic (exact) mass is 753 g/mol. The first kappa shape index (κ1) is 57.1. The van der Waals surface area contributed by atoms with Crippen LogP contribution in [0.5, 0.6) is 0 Å². The van der Waals surface area contributed by atoms with Gasteiger partial charge in [-0.2, -0.15) is 27.0 Å². The van der Waals surface area contributed by atoms with Crippen molar-refractivity contribution in [3.05, 3.63) is 0 Å². The Kier molecular flexibility index (Phi) is 44.4. The van der Waals surface area contributed by atoms with Gasteiger partial charge < -0.3 is 26.0 Å². The van der Waals surface area contributed by atoms with Crippen molar-refractivity contribution in [1.82, 2.24) is 4.90 Å². The molecule has 2 atom stereocenters. The third-order valence-corrected chi connectivity index (χ3v) is 5.09. The number of carbonyl (C=O) groups excluding carboxylic acids is 4. The van der Waals surface area contributed by atoms with Crippen LogP contribution >= 0.6 is 49.6 Å². The molecule has 2 N–H and O–H groups in total. The summed E-state index contributed by atoms with van der Waals surface area (Å²) in [6.45, 7) is 14.0. The number of ketones is 2. The van der Waals surface area contributed by atoms with Gasteiger partial charge in [0, 0.05) is 32.4 Å². The Morgan fingerprint density at radius 1 is 0.805 bits per heavy atom. The molecule has 0 unspecified atom stereocenters.